The second kappa shape index (κ2) is 5.95. The van der Waals surface area contributed by atoms with E-state index >= 15 is 0 Å². The van der Waals surface area contributed by atoms with Gasteiger partial charge in [0.05, 0.1) is 5.69 Å². The molecular formula is C14H16N4O. The molecule has 0 atom stereocenters. The van der Waals surface area contributed by atoms with Gasteiger partial charge in [0.1, 0.15) is 0 Å². The summed E-state index contributed by atoms with van der Waals surface area (Å²) in [5.41, 5.74) is 2.28. The smallest absolute Gasteiger partial charge is 0.256 e. The molecule has 2 N–H and O–H groups in total. The van der Waals surface area contributed by atoms with Crippen molar-refractivity contribution in [3.05, 3.63) is 64.4 Å². The van der Waals surface area contributed by atoms with Crippen LogP contribution in [0.25, 0.3) is 0 Å². The molecule has 0 aliphatic carbocycles. The molecule has 2 aromatic rings. The summed E-state index contributed by atoms with van der Waals surface area (Å²) in [5, 5.41) is 3.08. The lowest BCUT2D eigenvalue weighted by Gasteiger charge is -2.08. The molecule has 2 heterocycles. The molecule has 0 radical (unpaired) electrons. The number of aromatic nitrogens is 3. The normalized spacial score (nSPS) is 10.2. The SMILES string of the molecule is C=CCc1c(C)nc(NCc2cccnc2)[nH]c1=O. The summed E-state index contributed by atoms with van der Waals surface area (Å²) in [6.07, 6.45) is 5.71. The number of hydrogen-bond acceptors (Lipinski definition) is 4. The zero-order chi connectivity index (χ0) is 13.7. The molecule has 0 aliphatic heterocycles. The van der Waals surface area contributed by atoms with Gasteiger partial charge in [0.15, 0.2) is 0 Å². The average Bonchev–Trinajstić information content (AvgIpc) is 2.42. The lowest BCUT2D eigenvalue weighted by atomic mass is 10.2. The summed E-state index contributed by atoms with van der Waals surface area (Å²) >= 11 is 0. The Morgan fingerprint density at radius 2 is 2.37 bits per heavy atom. The summed E-state index contributed by atoms with van der Waals surface area (Å²) in [5.74, 6) is 0.471. The zero-order valence-corrected chi connectivity index (χ0v) is 10.8. The van der Waals surface area contributed by atoms with E-state index in [9.17, 15) is 4.79 Å². The molecule has 2 aromatic heterocycles. The first-order chi connectivity index (χ1) is 9.20. The predicted molar refractivity (Wildman–Crippen MR) is 75.1 cm³/mol. The molecule has 19 heavy (non-hydrogen) atoms. The van der Waals surface area contributed by atoms with Gasteiger partial charge in [-0.1, -0.05) is 12.1 Å². The minimum absolute atomic E-state index is 0.124. The third-order valence-corrected chi connectivity index (χ3v) is 2.75. The van der Waals surface area contributed by atoms with Crippen molar-refractivity contribution >= 4 is 5.95 Å². The lowest BCUT2D eigenvalue weighted by Crippen LogP contribution is -2.18. The van der Waals surface area contributed by atoms with E-state index in [4.69, 9.17) is 0 Å². The van der Waals surface area contributed by atoms with Gasteiger partial charge in [0, 0.05) is 24.5 Å². The molecule has 0 amide bonds. The maximum absolute atomic E-state index is 11.9. The number of pyridine rings is 1. The second-order valence-electron chi connectivity index (χ2n) is 4.19. The van der Waals surface area contributed by atoms with Crippen LogP contribution in [0.5, 0.6) is 0 Å². The lowest BCUT2D eigenvalue weighted by molar-refractivity contribution is 0.963. The number of nitrogens with zero attached hydrogens (tertiary/aromatic N) is 2. The van der Waals surface area contributed by atoms with Crippen LogP contribution < -0.4 is 10.9 Å². The Morgan fingerprint density at radius 3 is 3.00 bits per heavy atom. The third kappa shape index (κ3) is 3.28. The van der Waals surface area contributed by atoms with Gasteiger partial charge < -0.3 is 5.32 Å². The largest absolute Gasteiger partial charge is 0.352 e. The van der Waals surface area contributed by atoms with Gasteiger partial charge in [-0.15, -0.1) is 6.58 Å². The zero-order valence-electron chi connectivity index (χ0n) is 10.8. The Kier molecular flexibility index (Phi) is 4.07. The Balaban J connectivity index is 2.14. The van der Waals surface area contributed by atoms with E-state index in [0.717, 1.165) is 11.3 Å². The first kappa shape index (κ1) is 13.0. The second-order valence-corrected chi connectivity index (χ2v) is 4.19. The van der Waals surface area contributed by atoms with Crippen molar-refractivity contribution in [1.29, 1.82) is 0 Å². The van der Waals surface area contributed by atoms with Crippen molar-refractivity contribution < 1.29 is 0 Å². The van der Waals surface area contributed by atoms with E-state index in [1.807, 2.05) is 19.1 Å². The molecule has 5 nitrogen and oxygen atoms in total. The van der Waals surface area contributed by atoms with Gasteiger partial charge in [0.25, 0.3) is 5.56 Å². The fourth-order valence-corrected chi connectivity index (χ4v) is 1.77. The summed E-state index contributed by atoms with van der Waals surface area (Å²) in [7, 11) is 0. The first-order valence-electron chi connectivity index (χ1n) is 6.04. The van der Waals surface area contributed by atoms with E-state index in [1.165, 1.54) is 0 Å². The number of anilines is 1. The molecule has 0 fully saturated rings. The van der Waals surface area contributed by atoms with Crippen LogP contribution >= 0.6 is 0 Å². The fraction of sp³-hybridized carbons (Fsp3) is 0.214. The van der Waals surface area contributed by atoms with Crippen LogP contribution in [-0.4, -0.2) is 15.0 Å². The molecule has 0 bridgehead atoms. The molecular weight excluding hydrogens is 240 g/mol. The Hall–Kier alpha value is -2.43. The molecule has 0 unspecified atom stereocenters. The third-order valence-electron chi connectivity index (χ3n) is 2.75. The molecule has 2 rings (SSSR count). The van der Waals surface area contributed by atoms with Crippen molar-refractivity contribution in [2.45, 2.75) is 19.9 Å². The number of rotatable bonds is 5. The number of aryl methyl sites for hydroxylation is 1. The van der Waals surface area contributed by atoms with Crippen molar-refractivity contribution in [1.82, 2.24) is 15.0 Å². The van der Waals surface area contributed by atoms with E-state index < -0.39 is 0 Å². The van der Waals surface area contributed by atoms with Gasteiger partial charge in [-0.2, -0.15) is 0 Å². The highest BCUT2D eigenvalue weighted by Gasteiger charge is 2.06. The Labute approximate surface area is 111 Å². The number of allylic oxidation sites excluding steroid dienone is 1. The molecule has 0 spiro atoms. The van der Waals surface area contributed by atoms with E-state index in [0.29, 0.717) is 24.5 Å². The van der Waals surface area contributed by atoms with Crippen LogP contribution in [0.2, 0.25) is 0 Å². The number of nitrogens with one attached hydrogen (secondary N) is 2. The van der Waals surface area contributed by atoms with Crippen LogP contribution in [0, 0.1) is 6.92 Å². The van der Waals surface area contributed by atoms with Gasteiger partial charge in [-0.05, 0) is 25.0 Å². The average molecular weight is 256 g/mol. The fourth-order valence-electron chi connectivity index (χ4n) is 1.77. The summed E-state index contributed by atoms with van der Waals surface area (Å²) in [6.45, 7) is 6.02. The highest BCUT2D eigenvalue weighted by Crippen LogP contribution is 2.05. The molecule has 0 saturated carbocycles. The summed E-state index contributed by atoms with van der Waals surface area (Å²) < 4.78 is 0. The van der Waals surface area contributed by atoms with E-state index in [2.05, 4.69) is 26.8 Å². The highest BCUT2D eigenvalue weighted by molar-refractivity contribution is 5.31. The van der Waals surface area contributed by atoms with Crippen molar-refractivity contribution in [3.8, 4) is 0 Å². The van der Waals surface area contributed by atoms with Crippen LogP contribution in [0.1, 0.15) is 16.8 Å². The van der Waals surface area contributed by atoms with Crippen LogP contribution in [0.3, 0.4) is 0 Å². The van der Waals surface area contributed by atoms with Crippen LogP contribution in [0.4, 0.5) is 5.95 Å². The number of aromatic amines is 1. The number of hydrogen-bond donors (Lipinski definition) is 2. The predicted octanol–water partition coefficient (Wildman–Crippen LogP) is 1.81. The molecule has 5 heteroatoms. The Bertz CT molecular complexity index is 619. The number of H-pyrrole nitrogens is 1. The van der Waals surface area contributed by atoms with Crippen molar-refractivity contribution in [2.75, 3.05) is 5.32 Å². The maximum Gasteiger partial charge on any atom is 0.256 e. The topological polar surface area (TPSA) is 70.7 Å². The van der Waals surface area contributed by atoms with Gasteiger partial charge in [-0.3, -0.25) is 14.8 Å². The van der Waals surface area contributed by atoms with Crippen molar-refractivity contribution in [2.24, 2.45) is 0 Å². The summed E-state index contributed by atoms with van der Waals surface area (Å²) in [6, 6.07) is 3.82. The van der Waals surface area contributed by atoms with Gasteiger partial charge in [-0.25, -0.2) is 4.98 Å². The quantitative estimate of drug-likeness (QED) is 0.800. The first-order valence-corrected chi connectivity index (χ1v) is 6.04. The van der Waals surface area contributed by atoms with E-state index in [-0.39, 0.29) is 5.56 Å². The standard InChI is InChI=1S/C14H16N4O/c1-3-5-12-10(2)17-14(18-13(12)19)16-9-11-6-4-7-15-8-11/h3-4,6-8H,1,5,9H2,2H3,(H2,16,17,18,19). The monoisotopic (exact) mass is 256 g/mol. The van der Waals surface area contributed by atoms with Crippen LogP contribution in [-0.2, 0) is 13.0 Å². The van der Waals surface area contributed by atoms with Crippen LogP contribution in [0.15, 0.2) is 42.0 Å². The minimum atomic E-state index is -0.124. The van der Waals surface area contributed by atoms with Gasteiger partial charge >= 0.3 is 0 Å². The van der Waals surface area contributed by atoms with Crippen molar-refractivity contribution in [3.63, 3.8) is 0 Å². The molecule has 0 saturated heterocycles. The highest BCUT2D eigenvalue weighted by atomic mass is 16.1. The molecule has 0 aliphatic rings. The Morgan fingerprint density at radius 1 is 1.53 bits per heavy atom. The van der Waals surface area contributed by atoms with Gasteiger partial charge in [0.2, 0.25) is 5.95 Å². The van der Waals surface area contributed by atoms with E-state index in [1.54, 1.807) is 18.5 Å². The molecule has 0 aromatic carbocycles. The molecule has 98 valence electrons. The summed E-state index contributed by atoms with van der Waals surface area (Å²) in [4.78, 5) is 23.0. The minimum Gasteiger partial charge on any atom is -0.352 e. The maximum atomic E-state index is 11.9.